The molecule has 2 aromatic carbocycles. The average molecular weight is 389 g/mol. The van der Waals surface area contributed by atoms with E-state index in [1.54, 1.807) is 24.3 Å². The number of rotatable bonds is 5. The first-order chi connectivity index (χ1) is 12.9. The topological polar surface area (TPSA) is 125 Å². The van der Waals surface area contributed by atoms with E-state index in [2.05, 4.69) is 20.3 Å². The lowest BCUT2D eigenvalue weighted by Crippen LogP contribution is -2.25. The highest BCUT2D eigenvalue weighted by Gasteiger charge is 2.19. The molecular weight excluding hydrogens is 370 g/mol. The molecule has 4 N–H and O–H groups in total. The number of fused-ring (bicyclic) bond motifs is 1. The molecule has 0 aliphatic carbocycles. The monoisotopic (exact) mass is 389 g/mol. The molecule has 10 heteroatoms. The van der Waals surface area contributed by atoms with E-state index in [1.165, 1.54) is 20.3 Å². The fourth-order valence-corrected chi connectivity index (χ4v) is 3.29. The van der Waals surface area contributed by atoms with Gasteiger partial charge in [-0.05, 0) is 28.5 Å². The molecule has 142 valence electrons. The zero-order valence-electron chi connectivity index (χ0n) is 14.7. The highest BCUT2D eigenvalue weighted by Crippen LogP contribution is 2.30. The summed E-state index contributed by atoms with van der Waals surface area (Å²) in [5, 5.41) is 17.5. The molecule has 0 fully saturated rings. The number of urea groups is 1. The summed E-state index contributed by atoms with van der Waals surface area (Å²) in [7, 11) is -0.916. The summed E-state index contributed by atoms with van der Waals surface area (Å²) in [6.45, 7) is 0. The SMILES string of the molecule is CNC(=O)Nc1ccc2cccc(C(O)c3cn(S(=O)(=O)NC)cn3)c2c1. The molecule has 9 nitrogen and oxygen atoms in total. The lowest BCUT2D eigenvalue weighted by Gasteiger charge is -2.13. The lowest BCUT2D eigenvalue weighted by molar-refractivity contribution is 0.217. The van der Waals surface area contributed by atoms with Gasteiger partial charge in [-0.2, -0.15) is 8.42 Å². The number of hydrogen-bond acceptors (Lipinski definition) is 5. The van der Waals surface area contributed by atoms with Gasteiger partial charge >= 0.3 is 16.2 Å². The van der Waals surface area contributed by atoms with Crippen molar-refractivity contribution in [2.75, 3.05) is 19.4 Å². The van der Waals surface area contributed by atoms with Crippen molar-refractivity contribution >= 4 is 32.7 Å². The molecule has 2 amide bonds. The van der Waals surface area contributed by atoms with Gasteiger partial charge in [0, 0.05) is 26.0 Å². The van der Waals surface area contributed by atoms with Crippen molar-refractivity contribution in [3.8, 4) is 0 Å². The van der Waals surface area contributed by atoms with E-state index in [0.29, 0.717) is 16.6 Å². The molecule has 0 aliphatic rings. The maximum absolute atomic E-state index is 11.8. The normalized spacial score (nSPS) is 12.7. The van der Waals surface area contributed by atoms with Gasteiger partial charge in [-0.25, -0.2) is 18.5 Å². The summed E-state index contributed by atoms with van der Waals surface area (Å²) in [6.07, 6.45) is 1.23. The van der Waals surface area contributed by atoms with Crippen LogP contribution in [0.5, 0.6) is 0 Å². The second-order valence-electron chi connectivity index (χ2n) is 5.73. The van der Waals surface area contributed by atoms with Crippen molar-refractivity contribution in [2.24, 2.45) is 0 Å². The van der Waals surface area contributed by atoms with Crippen LogP contribution in [0.15, 0.2) is 48.9 Å². The third-order valence-electron chi connectivity index (χ3n) is 4.09. The van der Waals surface area contributed by atoms with Crippen molar-refractivity contribution in [1.29, 1.82) is 0 Å². The van der Waals surface area contributed by atoms with Crippen LogP contribution in [0, 0.1) is 0 Å². The van der Waals surface area contributed by atoms with Gasteiger partial charge in [0.1, 0.15) is 12.4 Å². The molecule has 3 aromatic rings. The van der Waals surface area contributed by atoms with Crippen LogP contribution in [-0.4, -0.2) is 42.6 Å². The van der Waals surface area contributed by atoms with Gasteiger partial charge in [-0.15, -0.1) is 0 Å². The maximum Gasteiger partial charge on any atom is 0.318 e. The molecule has 0 saturated heterocycles. The number of amides is 2. The molecule has 0 radical (unpaired) electrons. The molecule has 1 atom stereocenters. The summed E-state index contributed by atoms with van der Waals surface area (Å²) in [5.41, 5.74) is 1.29. The fraction of sp³-hybridized carbons (Fsp3) is 0.176. The van der Waals surface area contributed by atoms with E-state index in [0.717, 1.165) is 15.7 Å². The molecule has 1 unspecified atom stereocenters. The Morgan fingerprint density at radius 1 is 1.22 bits per heavy atom. The molecule has 0 spiro atoms. The minimum atomic E-state index is -3.72. The van der Waals surface area contributed by atoms with Crippen LogP contribution in [0.3, 0.4) is 0 Å². The number of carbonyl (C=O) groups is 1. The number of carbonyl (C=O) groups excluding carboxylic acids is 1. The van der Waals surface area contributed by atoms with Gasteiger partial charge < -0.3 is 15.7 Å². The van der Waals surface area contributed by atoms with Crippen LogP contribution in [0.1, 0.15) is 17.4 Å². The Morgan fingerprint density at radius 3 is 2.70 bits per heavy atom. The molecule has 1 heterocycles. The highest BCUT2D eigenvalue weighted by atomic mass is 32.2. The maximum atomic E-state index is 11.8. The largest absolute Gasteiger partial charge is 0.382 e. The molecule has 0 aliphatic heterocycles. The van der Waals surface area contributed by atoms with Crippen molar-refractivity contribution < 1.29 is 18.3 Å². The summed E-state index contributed by atoms with van der Waals surface area (Å²) in [6, 6.07) is 10.3. The van der Waals surface area contributed by atoms with Crippen molar-refractivity contribution in [3.05, 3.63) is 60.2 Å². The Morgan fingerprint density at radius 2 is 2.00 bits per heavy atom. The summed E-state index contributed by atoms with van der Waals surface area (Å²) < 4.78 is 26.8. The van der Waals surface area contributed by atoms with Gasteiger partial charge in [0.2, 0.25) is 0 Å². The first-order valence-corrected chi connectivity index (χ1v) is 9.47. The fourth-order valence-electron chi connectivity index (χ4n) is 2.66. The smallest absolute Gasteiger partial charge is 0.318 e. The van der Waals surface area contributed by atoms with Crippen molar-refractivity contribution in [3.63, 3.8) is 0 Å². The van der Waals surface area contributed by atoms with E-state index < -0.39 is 16.3 Å². The minimum Gasteiger partial charge on any atom is -0.382 e. The predicted octanol–water partition coefficient (Wildman–Crippen LogP) is 1.18. The number of benzene rings is 2. The Balaban J connectivity index is 2.02. The first-order valence-electron chi connectivity index (χ1n) is 8.03. The van der Waals surface area contributed by atoms with Gasteiger partial charge in [0.15, 0.2) is 0 Å². The van der Waals surface area contributed by atoms with E-state index >= 15 is 0 Å². The lowest BCUT2D eigenvalue weighted by atomic mass is 9.98. The average Bonchev–Trinajstić information content (AvgIpc) is 3.18. The van der Waals surface area contributed by atoms with E-state index in [4.69, 9.17) is 0 Å². The third-order valence-corrected chi connectivity index (χ3v) is 5.36. The van der Waals surface area contributed by atoms with Crippen molar-refractivity contribution in [2.45, 2.75) is 6.10 Å². The van der Waals surface area contributed by atoms with Crippen LogP contribution < -0.4 is 15.4 Å². The predicted molar refractivity (Wildman–Crippen MR) is 102 cm³/mol. The van der Waals surface area contributed by atoms with Crippen molar-refractivity contribution in [1.82, 2.24) is 19.0 Å². The first kappa shape index (κ1) is 18.8. The van der Waals surface area contributed by atoms with Crippen LogP contribution in [0.25, 0.3) is 10.8 Å². The molecule has 1 aromatic heterocycles. The van der Waals surface area contributed by atoms with Gasteiger partial charge in [-0.3, -0.25) is 0 Å². The van der Waals surface area contributed by atoms with E-state index in [9.17, 15) is 18.3 Å². The van der Waals surface area contributed by atoms with Crippen LogP contribution in [0.2, 0.25) is 0 Å². The number of aliphatic hydroxyl groups excluding tert-OH is 1. The number of nitrogens with one attached hydrogen (secondary N) is 3. The Bertz CT molecular complexity index is 1090. The van der Waals surface area contributed by atoms with Gasteiger partial charge in [0.25, 0.3) is 0 Å². The summed E-state index contributed by atoms with van der Waals surface area (Å²) in [4.78, 5) is 15.5. The quantitative estimate of drug-likeness (QED) is 0.521. The summed E-state index contributed by atoms with van der Waals surface area (Å²) >= 11 is 0. The molecule has 0 saturated carbocycles. The Hall–Kier alpha value is -2.95. The standard InChI is InChI=1S/C17H19N5O4S/c1-18-17(24)21-12-7-6-11-4-3-5-13(14(11)8-12)16(23)15-9-22(10-20-15)27(25,26)19-2/h3-10,16,19,23H,1-2H3,(H2,18,21,24). The second-order valence-corrected chi connectivity index (χ2v) is 7.51. The van der Waals surface area contributed by atoms with E-state index in [-0.39, 0.29) is 11.7 Å². The molecular formula is C17H19N5O4S. The van der Waals surface area contributed by atoms with Crippen LogP contribution >= 0.6 is 0 Å². The second kappa shape index (κ2) is 7.35. The number of hydrogen-bond donors (Lipinski definition) is 4. The number of anilines is 1. The highest BCUT2D eigenvalue weighted by molar-refractivity contribution is 7.87. The third kappa shape index (κ3) is 3.77. The Labute approximate surface area is 156 Å². The zero-order valence-corrected chi connectivity index (χ0v) is 15.5. The number of aromatic nitrogens is 2. The molecule has 3 rings (SSSR count). The van der Waals surface area contributed by atoms with Gasteiger partial charge in [-0.1, -0.05) is 24.3 Å². The zero-order chi connectivity index (χ0) is 19.6. The minimum absolute atomic E-state index is 0.186. The summed E-state index contributed by atoms with van der Waals surface area (Å²) in [5.74, 6) is 0. The van der Waals surface area contributed by atoms with Crippen LogP contribution in [0.4, 0.5) is 10.5 Å². The Kier molecular flexibility index (Phi) is 5.13. The number of imidazole rings is 1. The van der Waals surface area contributed by atoms with Gasteiger partial charge in [0.05, 0.1) is 5.69 Å². The van der Waals surface area contributed by atoms with E-state index in [1.807, 2.05) is 12.1 Å². The molecule has 27 heavy (non-hydrogen) atoms. The number of nitrogens with zero attached hydrogens (tertiary/aromatic N) is 2. The van der Waals surface area contributed by atoms with Crippen LogP contribution in [-0.2, 0) is 10.2 Å². The number of aliphatic hydroxyl groups is 1. The molecule has 0 bridgehead atoms.